The molecule has 1 saturated heterocycles. The minimum Gasteiger partial charge on any atom is -0.342 e. The Balaban J connectivity index is 1.80. The van der Waals surface area contributed by atoms with Crippen LogP contribution in [-0.4, -0.2) is 46.8 Å². The van der Waals surface area contributed by atoms with E-state index in [2.05, 4.69) is 10.3 Å². The van der Waals surface area contributed by atoms with Crippen molar-refractivity contribution in [3.63, 3.8) is 0 Å². The molecule has 0 radical (unpaired) electrons. The minimum absolute atomic E-state index is 0.00887. The minimum atomic E-state index is -0.00887. The standard InChI is InChI=1S/C12H19N3O2S/c1-9-7-10(16)14-12(13-9)18-8-11(17)15-5-3-2-4-6-15/h9H,2-8H2,1H3,(H,13,14,16). The second-order valence-electron chi connectivity index (χ2n) is 4.77. The Hall–Kier alpha value is -1.04. The number of likely N-dealkylation sites (tertiary alicyclic amines) is 1. The molecule has 0 aromatic carbocycles. The molecule has 6 heteroatoms. The van der Waals surface area contributed by atoms with E-state index in [1.165, 1.54) is 18.2 Å². The third-order valence-electron chi connectivity index (χ3n) is 3.11. The van der Waals surface area contributed by atoms with Crippen molar-refractivity contribution in [2.75, 3.05) is 18.8 Å². The highest BCUT2D eigenvalue weighted by atomic mass is 32.2. The van der Waals surface area contributed by atoms with Crippen molar-refractivity contribution < 1.29 is 9.59 Å². The van der Waals surface area contributed by atoms with Gasteiger partial charge in [-0.15, -0.1) is 0 Å². The number of aliphatic imine (C=N–C) groups is 1. The lowest BCUT2D eigenvalue weighted by Gasteiger charge is -2.26. The van der Waals surface area contributed by atoms with E-state index >= 15 is 0 Å². The number of amides is 2. The van der Waals surface area contributed by atoms with E-state index in [9.17, 15) is 9.59 Å². The molecular weight excluding hydrogens is 250 g/mol. The summed E-state index contributed by atoms with van der Waals surface area (Å²) < 4.78 is 0. The van der Waals surface area contributed by atoms with E-state index in [4.69, 9.17) is 0 Å². The van der Waals surface area contributed by atoms with Gasteiger partial charge in [0.1, 0.15) is 0 Å². The third kappa shape index (κ3) is 3.73. The molecule has 100 valence electrons. The molecule has 0 aromatic heterocycles. The Bertz CT molecular complexity index is 364. The lowest BCUT2D eigenvalue weighted by Crippen LogP contribution is -2.39. The molecule has 0 saturated carbocycles. The second kappa shape index (κ2) is 6.22. The van der Waals surface area contributed by atoms with Gasteiger partial charge in [0.2, 0.25) is 11.8 Å². The summed E-state index contributed by atoms with van der Waals surface area (Å²) in [7, 11) is 0. The van der Waals surface area contributed by atoms with Gasteiger partial charge < -0.3 is 10.2 Å². The molecule has 0 spiro atoms. The maximum atomic E-state index is 11.9. The van der Waals surface area contributed by atoms with Crippen molar-refractivity contribution in [3.8, 4) is 0 Å². The largest absolute Gasteiger partial charge is 0.342 e. The first-order chi connectivity index (χ1) is 8.65. The fourth-order valence-corrected chi connectivity index (χ4v) is 3.04. The van der Waals surface area contributed by atoms with Crippen molar-refractivity contribution in [2.24, 2.45) is 4.99 Å². The molecule has 2 aliphatic heterocycles. The molecule has 2 heterocycles. The Morgan fingerprint density at radius 1 is 1.44 bits per heavy atom. The lowest BCUT2D eigenvalue weighted by molar-refractivity contribution is -0.129. The average Bonchev–Trinajstić information content (AvgIpc) is 2.36. The Morgan fingerprint density at radius 2 is 2.17 bits per heavy atom. The second-order valence-corrected chi connectivity index (χ2v) is 5.73. The summed E-state index contributed by atoms with van der Waals surface area (Å²) in [5.74, 6) is 0.506. The highest BCUT2D eigenvalue weighted by molar-refractivity contribution is 8.14. The number of carbonyl (C=O) groups is 2. The zero-order chi connectivity index (χ0) is 13.0. The van der Waals surface area contributed by atoms with Crippen LogP contribution >= 0.6 is 11.8 Å². The van der Waals surface area contributed by atoms with Crippen LogP contribution in [0.4, 0.5) is 0 Å². The molecule has 5 nitrogen and oxygen atoms in total. The fraction of sp³-hybridized carbons (Fsp3) is 0.750. The molecule has 1 atom stereocenters. The van der Waals surface area contributed by atoms with Gasteiger partial charge in [0.25, 0.3) is 0 Å². The normalized spacial score (nSPS) is 24.5. The number of carbonyl (C=O) groups excluding carboxylic acids is 2. The number of piperidine rings is 1. The van der Waals surface area contributed by atoms with Crippen molar-refractivity contribution in [2.45, 2.75) is 38.6 Å². The van der Waals surface area contributed by atoms with Gasteiger partial charge in [-0.25, -0.2) is 0 Å². The monoisotopic (exact) mass is 269 g/mol. The Morgan fingerprint density at radius 3 is 2.83 bits per heavy atom. The van der Waals surface area contributed by atoms with Gasteiger partial charge in [0.15, 0.2) is 5.17 Å². The summed E-state index contributed by atoms with van der Waals surface area (Å²) in [6, 6.07) is 0.0198. The van der Waals surface area contributed by atoms with Crippen LogP contribution in [0.3, 0.4) is 0 Å². The molecule has 2 aliphatic rings. The summed E-state index contributed by atoms with van der Waals surface area (Å²) >= 11 is 1.33. The van der Waals surface area contributed by atoms with Crippen molar-refractivity contribution in [3.05, 3.63) is 0 Å². The quantitative estimate of drug-likeness (QED) is 0.813. The van der Waals surface area contributed by atoms with E-state index < -0.39 is 0 Å². The lowest BCUT2D eigenvalue weighted by atomic mass is 10.1. The number of nitrogens with one attached hydrogen (secondary N) is 1. The first kappa shape index (κ1) is 13.4. The van der Waals surface area contributed by atoms with Crippen LogP contribution in [0.5, 0.6) is 0 Å². The van der Waals surface area contributed by atoms with Gasteiger partial charge in [-0.1, -0.05) is 11.8 Å². The summed E-state index contributed by atoms with van der Waals surface area (Å²) in [5, 5.41) is 3.30. The molecule has 2 rings (SSSR count). The zero-order valence-corrected chi connectivity index (χ0v) is 11.5. The third-order valence-corrected chi connectivity index (χ3v) is 3.98. The zero-order valence-electron chi connectivity index (χ0n) is 10.6. The molecule has 1 fully saturated rings. The number of nitrogens with zero attached hydrogens (tertiary/aromatic N) is 2. The maximum Gasteiger partial charge on any atom is 0.233 e. The number of rotatable bonds is 2. The smallest absolute Gasteiger partial charge is 0.233 e. The van der Waals surface area contributed by atoms with Gasteiger partial charge in [-0.3, -0.25) is 14.6 Å². The fourth-order valence-electron chi connectivity index (χ4n) is 2.15. The molecule has 1 N–H and O–H groups in total. The van der Waals surface area contributed by atoms with E-state index in [0.717, 1.165) is 25.9 Å². The van der Waals surface area contributed by atoms with Crippen LogP contribution in [0, 0.1) is 0 Å². The highest BCUT2D eigenvalue weighted by Crippen LogP contribution is 2.14. The summed E-state index contributed by atoms with van der Waals surface area (Å²) in [6.45, 7) is 3.65. The molecule has 0 bridgehead atoms. The summed E-state index contributed by atoms with van der Waals surface area (Å²) in [4.78, 5) is 29.5. The highest BCUT2D eigenvalue weighted by Gasteiger charge is 2.21. The number of amidine groups is 1. The van der Waals surface area contributed by atoms with Gasteiger partial charge in [0.05, 0.1) is 11.8 Å². The average molecular weight is 269 g/mol. The number of hydrogen-bond donors (Lipinski definition) is 1. The van der Waals surface area contributed by atoms with Crippen LogP contribution in [-0.2, 0) is 9.59 Å². The molecular formula is C12H19N3O2S. The molecule has 0 aliphatic carbocycles. The van der Waals surface area contributed by atoms with Gasteiger partial charge >= 0.3 is 0 Å². The van der Waals surface area contributed by atoms with Gasteiger partial charge in [-0.2, -0.15) is 0 Å². The first-order valence-corrected chi connectivity index (χ1v) is 7.42. The van der Waals surface area contributed by atoms with Gasteiger partial charge in [0, 0.05) is 19.5 Å². The van der Waals surface area contributed by atoms with Crippen LogP contribution in [0.1, 0.15) is 32.6 Å². The molecule has 18 heavy (non-hydrogen) atoms. The van der Waals surface area contributed by atoms with E-state index in [-0.39, 0.29) is 17.9 Å². The van der Waals surface area contributed by atoms with Crippen molar-refractivity contribution >= 4 is 28.7 Å². The maximum absolute atomic E-state index is 11.9. The Kier molecular flexibility index (Phi) is 4.63. The van der Waals surface area contributed by atoms with E-state index in [1.807, 2.05) is 11.8 Å². The predicted molar refractivity (Wildman–Crippen MR) is 72.5 cm³/mol. The molecule has 0 aromatic rings. The van der Waals surface area contributed by atoms with Crippen LogP contribution < -0.4 is 5.32 Å². The van der Waals surface area contributed by atoms with Crippen LogP contribution in [0.15, 0.2) is 4.99 Å². The van der Waals surface area contributed by atoms with Gasteiger partial charge in [-0.05, 0) is 26.2 Å². The summed E-state index contributed by atoms with van der Waals surface area (Å²) in [6.07, 6.45) is 3.86. The number of hydrogen-bond acceptors (Lipinski definition) is 4. The predicted octanol–water partition coefficient (Wildman–Crippen LogP) is 0.996. The van der Waals surface area contributed by atoms with Crippen LogP contribution in [0.2, 0.25) is 0 Å². The van der Waals surface area contributed by atoms with E-state index in [1.54, 1.807) is 0 Å². The first-order valence-electron chi connectivity index (χ1n) is 6.43. The SMILES string of the molecule is CC1CC(=O)NC(SCC(=O)N2CCCCC2)=N1. The van der Waals surface area contributed by atoms with Crippen molar-refractivity contribution in [1.29, 1.82) is 0 Å². The summed E-state index contributed by atoms with van der Waals surface area (Å²) in [5.41, 5.74) is 0. The molecule has 2 amide bonds. The molecule has 1 unspecified atom stereocenters. The van der Waals surface area contributed by atoms with Crippen molar-refractivity contribution in [1.82, 2.24) is 10.2 Å². The number of thioether (sulfide) groups is 1. The Labute approximate surface area is 111 Å². The topological polar surface area (TPSA) is 61.8 Å². The van der Waals surface area contributed by atoms with Crippen LogP contribution in [0.25, 0.3) is 0 Å². The van der Waals surface area contributed by atoms with E-state index in [0.29, 0.717) is 17.3 Å².